The molecule has 18 heavy (non-hydrogen) atoms. The van der Waals surface area contributed by atoms with Gasteiger partial charge < -0.3 is 4.74 Å². The molecule has 0 heterocycles. The number of benzene rings is 1. The number of carbonyl (C=O) groups excluding carboxylic acids is 1. The molecule has 0 aliphatic rings. The third-order valence-corrected chi connectivity index (χ3v) is 3.42. The Morgan fingerprint density at radius 1 is 1.28 bits per heavy atom. The zero-order chi connectivity index (χ0) is 13.9. The Bertz CT molecular complexity index is 436. The zero-order valence-electron chi connectivity index (χ0n) is 11.1. The summed E-state index contributed by atoms with van der Waals surface area (Å²) in [7, 11) is 1.56. The summed E-state index contributed by atoms with van der Waals surface area (Å²) in [6, 6.07) is 5.23. The molecule has 4 heteroatoms. The van der Waals surface area contributed by atoms with Gasteiger partial charge in [-0.2, -0.15) is 0 Å². The quantitative estimate of drug-likeness (QED) is 0.831. The van der Waals surface area contributed by atoms with E-state index in [-0.39, 0.29) is 11.2 Å². The van der Waals surface area contributed by atoms with Gasteiger partial charge in [0.2, 0.25) is 0 Å². The number of Topliss-reactive ketones (excluding diaryl/α,β-unsaturated/α-hetero) is 1. The second-order valence-corrected chi connectivity index (χ2v) is 6.19. The Balaban J connectivity index is 2.83. The number of hydrogen-bond donors (Lipinski definition) is 0. The molecule has 2 nitrogen and oxygen atoms in total. The van der Waals surface area contributed by atoms with Crippen molar-refractivity contribution in [2.45, 2.75) is 33.3 Å². The first-order valence-corrected chi connectivity index (χ1v) is 6.50. The first-order chi connectivity index (χ1) is 8.25. The molecule has 1 rings (SSSR count). The van der Waals surface area contributed by atoms with Crippen LogP contribution in [0, 0.1) is 5.41 Å². The molecule has 0 aliphatic heterocycles. The maximum Gasteiger partial charge on any atom is 0.166 e. The van der Waals surface area contributed by atoms with Gasteiger partial charge in [0.1, 0.15) is 6.10 Å². The summed E-state index contributed by atoms with van der Waals surface area (Å²) in [5.74, 6) is 0.0448. The van der Waals surface area contributed by atoms with Crippen LogP contribution in [0.3, 0.4) is 0 Å². The fraction of sp³-hybridized carbons (Fsp3) is 0.500. The largest absolute Gasteiger partial charge is 0.373 e. The monoisotopic (exact) mass is 288 g/mol. The molecule has 0 bridgehead atoms. The van der Waals surface area contributed by atoms with Gasteiger partial charge in [-0.05, 0) is 23.1 Å². The van der Waals surface area contributed by atoms with Crippen molar-refractivity contribution in [3.63, 3.8) is 0 Å². The maximum absolute atomic E-state index is 12.2. The average Bonchev–Trinajstić information content (AvgIpc) is 2.22. The molecule has 100 valence electrons. The molecular formula is C14H18Cl2O2. The number of ether oxygens (including phenoxy) is 1. The van der Waals surface area contributed by atoms with Crippen LogP contribution in [0.15, 0.2) is 18.2 Å². The van der Waals surface area contributed by atoms with Crippen molar-refractivity contribution in [2.75, 3.05) is 7.11 Å². The van der Waals surface area contributed by atoms with E-state index < -0.39 is 6.10 Å². The maximum atomic E-state index is 12.2. The molecular weight excluding hydrogens is 271 g/mol. The second kappa shape index (κ2) is 6.05. The topological polar surface area (TPSA) is 26.3 Å². The third-order valence-electron chi connectivity index (χ3n) is 2.68. The number of hydrogen-bond acceptors (Lipinski definition) is 2. The molecule has 0 saturated carbocycles. The number of methoxy groups -OCH3 is 1. The van der Waals surface area contributed by atoms with E-state index in [1.165, 1.54) is 0 Å². The average molecular weight is 289 g/mol. The normalized spacial score (nSPS) is 13.4. The number of carbonyl (C=O) groups is 1. The van der Waals surface area contributed by atoms with E-state index >= 15 is 0 Å². The first kappa shape index (κ1) is 15.5. The molecule has 1 aromatic carbocycles. The summed E-state index contributed by atoms with van der Waals surface area (Å²) in [6.45, 7) is 5.94. The first-order valence-electron chi connectivity index (χ1n) is 5.75. The van der Waals surface area contributed by atoms with Crippen LogP contribution in [-0.4, -0.2) is 19.0 Å². The third kappa shape index (κ3) is 3.98. The molecule has 1 atom stereocenters. The van der Waals surface area contributed by atoms with Crippen molar-refractivity contribution in [1.82, 2.24) is 0 Å². The molecule has 0 saturated heterocycles. The van der Waals surface area contributed by atoms with Gasteiger partial charge in [0.15, 0.2) is 5.78 Å². The standard InChI is InChI=1S/C14H18Cl2O2/c1-14(2,3)13(18-4)12(17)8-9-5-6-10(15)11(16)7-9/h5-7,13H,8H2,1-4H3. The minimum Gasteiger partial charge on any atom is -0.373 e. The smallest absolute Gasteiger partial charge is 0.166 e. The van der Waals surface area contributed by atoms with Crippen LogP contribution in [0.25, 0.3) is 0 Å². The van der Waals surface area contributed by atoms with Gasteiger partial charge >= 0.3 is 0 Å². The molecule has 0 fully saturated rings. The molecule has 0 N–H and O–H groups in total. The van der Waals surface area contributed by atoms with Crippen LogP contribution in [0.1, 0.15) is 26.3 Å². The minimum atomic E-state index is -0.424. The lowest BCUT2D eigenvalue weighted by Crippen LogP contribution is -2.37. The van der Waals surface area contributed by atoms with Crippen molar-refractivity contribution in [3.8, 4) is 0 Å². The summed E-state index contributed by atoms with van der Waals surface area (Å²) in [5, 5.41) is 0.957. The highest BCUT2D eigenvalue weighted by Crippen LogP contribution is 2.26. The van der Waals surface area contributed by atoms with E-state index in [1.54, 1.807) is 19.2 Å². The Kier molecular flexibility index (Phi) is 5.20. The highest BCUT2D eigenvalue weighted by molar-refractivity contribution is 6.42. The van der Waals surface area contributed by atoms with Crippen molar-refractivity contribution in [2.24, 2.45) is 5.41 Å². The van der Waals surface area contributed by atoms with Gasteiger partial charge in [-0.3, -0.25) is 4.79 Å². The molecule has 0 aliphatic carbocycles. The predicted molar refractivity (Wildman–Crippen MR) is 75.4 cm³/mol. The highest BCUT2D eigenvalue weighted by Gasteiger charge is 2.30. The Morgan fingerprint density at radius 3 is 2.33 bits per heavy atom. The predicted octanol–water partition coefficient (Wildman–Crippen LogP) is 4.17. The molecule has 0 radical (unpaired) electrons. The molecule has 1 aromatic rings. The zero-order valence-corrected chi connectivity index (χ0v) is 12.6. The molecule has 0 spiro atoms. The van der Waals surface area contributed by atoms with Crippen LogP contribution in [0.5, 0.6) is 0 Å². The second-order valence-electron chi connectivity index (χ2n) is 5.37. The van der Waals surface area contributed by atoms with Crippen molar-refractivity contribution in [3.05, 3.63) is 33.8 Å². The SMILES string of the molecule is COC(C(=O)Cc1ccc(Cl)c(Cl)c1)C(C)(C)C. The van der Waals surface area contributed by atoms with Crippen LogP contribution >= 0.6 is 23.2 Å². The number of rotatable bonds is 4. The summed E-state index contributed by atoms with van der Waals surface area (Å²) >= 11 is 11.8. The summed E-state index contributed by atoms with van der Waals surface area (Å²) in [4.78, 5) is 12.2. The van der Waals surface area contributed by atoms with Crippen LogP contribution in [-0.2, 0) is 16.0 Å². The van der Waals surface area contributed by atoms with E-state index in [4.69, 9.17) is 27.9 Å². The van der Waals surface area contributed by atoms with Crippen LogP contribution in [0.2, 0.25) is 10.0 Å². The molecule has 1 unspecified atom stereocenters. The number of ketones is 1. The van der Waals surface area contributed by atoms with Crippen LogP contribution in [0.4, 0.5) is 0 Å². The molecule has 0 aromatic heterocycles. The van der Waals surface area contributed by atoms with Gasteiger partial charge in [-0.15, -0.1) is 0 Å². The van der Waals surface area contributed by atoms with Crippen molar-refractivity contribution < 1.29 is 9.53 Å². The fourth-order valence-corrected chi connectivity index (χ4v) is 2.23. The molecule has 0 amide bonds. The van der Waals surface area contributed by atoms with Gasteiger partial charge in [0.05, 0.1) is 10.0 Å². The fourth-order valence-electron chi connectivity index (χ4n) is 1.91. The lowest BCUT2D eigenvalue weighted by atomic mass is 9.84. The van der Waals surface area contributed by atoms with E-state index in [9.17, 15) is 4.79 Å². The number of halogens is 2. The van der Waals surface area contributed by atoms with Crippen molar-refractivity contribution >= 4 is 29.0 Å². The van der Waals surface area contributed by atoms with Gasteiger partial charge in [-0.25, -0.2) is 0 Å². The summed E-state index contributed by atoms with van der Waals surface area (Å²) in [5.41, 5.74) is 0.628. The summed E-state index contributed by atoms with van der Waals surface area (Å²) < 4.78 is 5.29. The Morgan fingerprint density at radius 2 is 1.89 bits per heavy atom. The van der Waals surface area contributed by atoms with Crippen LogP contribution < -0.4 is 0 Å². The van der Waals surface area contributed by atoms with E-state index in [0.29, 0.717) is 16.5 Å². The lowest BCUT2D eigenvalue weighted by Gasteiger charge is -2.28. The van der Waals surface area contributed by atoms with Gasteiger partial charge in [0, 0.05) is 13.5 Å². The van der Waals surface area contributed by atoms with Gasteiger partial charge in [-0.1, -0.05) is 50.0 Å². The highest BCUT2D eigenvalue weighted by atomic mass is 35.5. The van der Waals surface area contributed by atoms with Gasteiger partial charge in [0.25, 0.3) is 0 Å². The van der Waals surface area contributed by atoms with E-state index in [1.807, 2.05) is 26.8 Å². The van der Waals surface area contributed by atoms with E-state index in [0.717, 1.165) is 5.56 Å². The Labute approximate surface area is 118 Å². The Hall–Kier alpha value is -0.570. The lowest BCUT2D eigenvalue weighted by molar-refractivity contribution is -0.134. The summed E-state index contributed by atoms with van der Waals surface area (Å²) in [6.07, 6.45) is -0.126. The minimum absolute atomic E-state index is 0.0448. The van der Waals surface area contributed by atoms with E-state index in [2.05, 4.69) is 0 Å². The van der Waals surface area contributed by atoms with Crippen molar-refractivity contribution in [1.29, 1.82) is 0 Å².